The van der Waals surface area contributed by atoms with Crippen molar-refractivity contribution < 1.29 is 10.2 Å². The molecule has 3 heterocycles. The Hall–Kier alpha value is -2.84. The number of aliphatic hydroxyl groups excluding tert-OH is 2. The number of hydrogen-bond acceptors (Lipinski definition) is 8. The summed E-state index contributed by atoms with van der Waals surface area (Å²) in [6.45, 7) is -0.318. The molecule has 8 nitrogen and oxygen atoms in total. The molecule has 0 aliphatic carbocycles. The molecule has 0 aliphatic rings. The lowest BCUT2D eigenvalue weighted by atomic mass is 10.2. The van der Waals surface area contributed by atoms with Crippen LogP contribution in [0.2, 0.25) is 0 Å². The quantitative estimate of drug-likeness (QED) is 0.709. The highest BCUT2D eigenvalue weighted by atomic mass is 16.3. The van der Waals surface area contributed by atoms with Crippen molar-refractivity contribution in [2.45, 2.75) is 13.2 Å². The Morgan fingerprint density at radius 1 is 0.682 bits per heavy atom. The van der Waals surface area contributed by atoms with Crippen molar-refractivity contribution in [3.63, 3.8) is 0 Å². The van der Waals surface area contributed by atoms with Gasteiger partial charge in [-0.1, -0.05) is 0 Å². The molecule has 0 unspecified atom stereocenters. The van der Waals surface area contributed by atoms with E-state index in [1.807, 2.05) is 0 Å². The fourth-order valence-corrected chi connectivity index (χ4v) is 1.87. The van der Waals surface area contributed by atoms with Crippen molar-refractivity contribution in [2.24, 2.45) is 0 Å². The molecule has 0 saturated heterocycles. The van der Waals surface area contributed by atoms with Crippen LogP contribution in [0.25, 0.3) is 22.8 Å². The minimum atomic E-state index is -0.159. The van der Waals surface area contributed by atoms with Crippen LogP contribution in [0.15, 0.2) is 36.7 Å². The van der Waals surface area contributed by atoms with Crippen molar-refractivity contribution in [2.75, 3.05) is 0 Å². The van der Waals surface area contributed by atoms with Gasteiger partial charge >= 0.3 is 0 Å². The zero-order valence-electron chi connectivity index (χ0n) is 11.5. The predicted octanol–water partition coefficient (Wildman–Crippen LogP) is 0.375. The van der Waals surface area contributed by atoms with Crippen LogP contribution in [-0.2, 0) is 13.2 Å². The van der Waals surface area contributed by atoms with Crippen molar-refractivity contribution in [1.29, 1.82) is 0 Å². The molecule has 3 aromatic heterocycles. The van der Waals surface area contributed by atoms with E-state index in [1.54, 1.807) is 36.7 Å². The maximum atomic E-state index is 9.09. The molecule has 22 heavy (non-hydrogen) atoms. The van der Waals surface area contributed by atoms with Crippen LogP contribution in [0.3, 0.4) is 0 Å². The average Bonchev–Trinajstić information content (AvgIpc) is 2.62. The first kappa shape index (κ1) is 14.1. The van der Waals surface area contributed by atoms with Gasteiger partial charge < -0.3 is 10.2 Å². The molecule has 0 saturated carbocycles. The predicted molar refractivity (Wildman–Crippen MR) is 75.9 cm³/mol. The lowest BCUT2D eigenvalue weighted by Gasteiger charge is -2.02. The summed E-state index contributed by atoms with van der Waals surface area (Å²) in [6.07, 6.45) is 3.13. The largest absolute Gasteiger partial charge is 0.390 e. The Morgan fingerprint density at radius 3 is 1.45 bits per heavy atom. The molecule has 0 bridgehead atoms. The Labute approximate surface area is 125 Å². The lowest BCUT2D eigenvalue weighted by molar-refractivity contribution is 0.276. The van der Waals surface area contributed by atoms with Crippen LogP contribution in [-0.4, -0.2) is 40.6 Å². The Balaban J connectivity index is 1.91. The van der Waals surface area contributed by atoms with E-state index in [4.69, 9.17) is 10.2 Å². The Bertz CT molecular complexity index is 712. The van der Waals surface area contributed by atoms with Gasteiger partial charge in [-0.15, -0.1) is 20.4 Å². The summed E-state index contributed by atoms with van der Waals surface area (Å²) in [5.74, 6) is 0.689. The maximum Gasteiger partial charge on any atom is 0.203 e. The highest BCUT2D eigenvalue weighted by Crippen LogP contribution is 2.16. The summed E-state index contributed by atoms with van der Waals surface area (Å²) in [5, 5.41) is 34.3. The smallest absolute Gasteiger partial charge is 0.203 e. The summed E-state index contributed by atoms with van der Waals surface area (Å²) in [7, 11) is 0. The molecule has 0 amide bonds. The van der Waals surface area contributed by atoms with Gasteiger partial charge in [0.1, 0.15) is 0 Å². The first-order valence-corrected chi connectivity index (χ1v) is 6.50. The standard InChI is InChI=1S/C14H12N6O2/c21-7-11-5-9(1-3-15-11)13-17-19-14(20-18-13)10-2-4-16-12(6-10)8-22/h1-6,21-22H,7-8H2. The molecular formula is C14H12N6O2. The van der Waals surface area contributed by atoms with E-state index in [-0.39, 0.29) is 13.2 Å². The summed E-state index contributed by atoms with van der Waals surface area (Å²) in [4.78, 5) is 7.98. The molecule has 3 aromatic rings. The molecule has 0 radical (unpaired) electrons. The van der Waals surface area contributed by atoms with Gasteiger partial charge in [0, 0.05) is 23.5 Å². The number of pyridine rings is 2. The molecule has 0 atom stereocenters. The van der Waals surface area contributed by atoms with Crippen molar-refractivity contribution in [3.8, 4) is 22.8 Å². The Morgan fingerprint density at radius 2 is 1.09 bits per heavy atom. The average molecular weight is 296 g/mol. The van der Waals surface area contributed by atoms with Gasteiger partial charge in [-0.05, 0) is 24.3 Å². The first-order valence-electron chi connectivity index (χ1n) is 6.50. The van der Waals surface area contributed by atoms with Crippen LogP contribution in [0.4, 0.5) is 0 Å². The van der Waals surface area contributed by atoms with Gasteiger partial charge in [-0.25, -0.2) is 0 Å². The maximum absolute atomic E-state index is 9.09. The van der Waals surface area contributed by atoms with E-state index >= 15 is 0 Å². The fourth-order valence-electron chi connectivity index (χ4n) is 1.87. The van der Waals surface area contributed by atoms with Crippen LogP contribution in [0.1, 0.15) is 11.4 Å². The minimum absolute atomic E-state index is 0.159. The van der Waals surface area contributed by atoms with Crippen molar-refractivity contribution in [3.05, 3.63) is 48.0 Å². The summed E-state index contributed by atoms with van der Waals surface area (Å²) < 4.78 is 0. The van der Waals surface area contributed by atoms with E-state index in [2.05, 4.69) is 30.4 Å². The summed E-state index contributed by atoms with van der Waals surface area (Å²) in [6, 6.07) is 6.78. The zero-order chi connectivity index (χ0) is 15.4. The highest BCUT2D eigenvalue weighted by Gasteiger charge is 2.08. The summed E-state index contributed by atoms with van der Waals surface area (Å²) in [5.41, 5.74) is 2.39. The van der Waals surface area contributed by atoms with Gasteiger partial charge in [0.25, 0.3) is 0 Å². The lowest BCUT2D eigenvalue weighted by Crippen LogP contribution is -2.01. The van der Waals surface area contributed by atoms with E-state index in [0.29, 0.717) is 34.2 Å². The third-order valence-electron chi connectivity index (χ3n) is 2.95. The molecule has 2 N–H and O–H groups in total. The third-order valence-corrected chi connectivity index (χ3v) is 2.95. The Kier molecular flexibility index (Phi) is 4.03. The van der Waals surface area contributed by atoms with Gasteiger partial charge in [0.15, 0.2) is 0 Å². The zero-order valence-corrected chi connectivity index (χ0v) is 11.5. The number of aliphatic hydroxyl groups is 2. The topological polar surface area (TPSA) is 118 Å². The highest BCUT2D eigenvalue weighted by molar-refractivity contribution is 5.56. The van der Waals surface area contributed by atoms with Gasteiger partial charge in [-0.2, -0.15) is 0 Å². The molecule has 110 valence electrons. The van der Waals surface area contributed by atoms with Gasteiger partial charge in [-0.3, -0.25) is 9.97 Å². The number of rotatable bonds is 4. The van der Waals surface area contributed by atoms with Gasteiger partial charge in [0.2, 0.25) is 11.6 Å². The van der Waals surface area contributed by atoms with Crippen molar-refractivity contribution in [1.82, 2.24) is 30.4 Å². The van der Waals surface area contributed by atoms with Crippen LogP contribution in [0, 0.1) is 0 Å². The minimum Gasteiger partial charge on any atom is -0.390 e. The number of nitrogens with zero attached hydrogens (tertiary/aromatic N) is 6. The molecule has 0 fully saturated rings. The molecule has 3 rings (SSSR count). The van der Waals surface area contributed by atoms with Crippen LogP contribution < -0.4 is 0 Å². The van der Waals surface area contributed by atoms with E-state index in [9.17, 15) is 0 Å². The second kappa shape index (κ2) is 6.29. The molecule has 0 spiro atoms. The SMILES string of the molecule is OCc1cc(-c2nnc(-c3ccnc(CO)c3)nn2)ccn1. The number of hydrogen-bond donors (Lipinski definition) is 2. The van der Waals surface area contributed by atoms with E-state index in [1.165, 1.54) is 0 Å². The second-order valence-electron chi connectivity index (χ2n) is 4.44. The normalized spacial score (nSPS) is 10.6. The molecule has 0 aliphatic heterocycles. The van der Waals surface area contributed by atoms with Crippen molar-refractivity contribution >= 4 is 0 Å². The second-order valence-corrected chi connectivity index (χ2v) is 4.44. The third kappa shape index (κ3) is 2.92. The molecular weight excluding hydrogens is 284 g/mol. The molecule has 8 heteroatoms. The van der Waals surface area contributed by atoms with Crippen LogP contribution >= 0.6 is 0 Å². The van der Waals surface area contributed by atoms with Crippen LogP contribution in [0.5, 0.6) is 0 Å². The fraction of sp³-hybridized carbons (Fsp3) is 0.143. The number of aromatic nitrogens is 6. The van der Waals surface area contributed by atoms with Gasteiger partial charge in [0.05, 0.1) is 24.6 Å². The molecule has 0 aromatic carbocycles. The van der Waals surface area contributed by atoms with E-state index < -0.39 is 0 Å². The summed E-state index contributed by atoms with van der Waals surface area (Å²) >= 11 is 0. The van der Waals surface area contributed by atoms with E-state index in [0.717, 1.165) is 0 Å². The first-order chi connectivity index (χ1) is 10.8. The monoisotopic (exact) mass is 296 g/mol.